The Balaban J connectivity index is 1.98. The predicted molar refractivity (Wildman–Crippen MR) is 49.9 cm³/mol. The van der Waals surface area contributed by atoms with Gasteiger partial charge in [0, 0.05) is 6.61 Å². The van der Waals surface area contributed by atoms with Crippen LogP contribution < -0.4 is 0 Å². The zero-order chi connectivity index (χ0) is 8.39. The SMILES string of the molecule is OCCC1C2CCCC1CCC2. The minimum atomic E-state index is 0.414. The van der Waals surface area contributed by atoms with Crippen molar-refractivity contribution >= 4 is 0 Å². The van der Waals surface area contributed by atoms with Crippen molar-refractivity contribution in [2.75, 3.05) is 6.61 Å². The number of aliphatic hydroxyl groups is 1. The van der Waals surface area contributed by atoms with E-state index in [1.54, 1.807) is 0 Å². The van der Waals surface area contributed by atoms with Gasteiger partial charge in [0.25, 0.3) is 0 Å². The maximum Gasteiger partial charge on any atom is 0.0433 e. The summed E-state index contributed by atoms with van der Waals surface area (Å²) in [5.41, 5.74) is 0. The van der Waals surface area contributed by atoms with E-state index in [0.29, 0.717) is 6.61 Å². The standard InChI is InChI=1S/C11H20O/c12-8-7-11-9-3-1-4-10(11)6-2-5-9/h9-12H,1-8H2. The molecule has 0 unspecified atom stereocenters. The van der Waals surface area contributed by atoms with Crippen LogP contribution in [0.3, 0.4) is 0 Å². The highest BCUT2D eigenvalue weighted by molar-refractivity contribution is 4.86. The summed E-state index contributed by atoms with van der Waals surface area (Å²) < 4.78 is 0. The molecular weight excluding hydrogens is 148 g/mol. The Bertz CT molecular complexity index is 122. The summed E-state index contributed by atoms with van der Waals surface area (Å²) in [6, 6.07) is 0. The highest BCUT2D eigenvalue weighted by atomic mass is 16.3. The fraction of sp³-hybridized carbons (Fsp3) is 1.00. The van der Waals surface area contributed by atoms with Gasteiger partial charge in [0.15, 0.2) is 0 Å². The van der Waals surface area contributed by atoms with Crippen LogP contribution in [-0.4, -0.2) is 11.7 Å². The van der Waals surface area contributed by atoms with Crippen LogP contribution in [0.15, 0.2) is 0 Å². The summed E-state index contributed by atoms with van der Waals surface area (Å²) in [7, 11) is 0. The van der Waals surface area contributed by atoms with Gasteiger partial charge in [0.2, 0.25) is 0 Å². The Kier molecular flexibility index (Phi) is 2.69. The molecule has 0 saturated heterocycles. The first kappa shape index (κ1) is 8.55. The van der Waals surface area contributed by atoms with E-state index in [0.717, 1.165) is 24.2 Å². The molecular formula is C11H20O. The van der Waals surface area contributed by atoms with Crippen LogP contribution in [0, 0.1) is 17.8 Å². The largest absolute Gasteiger partial charge is 0.396 e. The van der Waals surface area contributed by atoms with Crippen molar-refractivity contribution in [2.45, 2.75) is 44.9 Å². The molecule has 2 aliphatic carbocycles. The van der Waals surface area contributed by atoms with Crippen LogP contribution in [0.5, 0.6) is 0 Å². The number of aliphatic hydroxyl groups excluding tert-OH is 1. The summed E-state index contributed by atoms with van der Waals surface area (Å²) in [5, 5.41) is 8.97. The normalized spacial score (nSPS) is 41.2. The smallest absolute Gasteiger partial charge is 0.0433 e. The molecule has 1 heteroatoms. The minimum Gasteiger partial charge on any atom is -0.396 e. The molecule has 70 valence electrons. The second-order valence-corrected chi connectivity index (χ2v) is 4.56. The molecule has 2 rings (SSSR count). The first-order valence-electron chi connectivity index (χ1n) is 5.52. The van der Waals surface area contributed by atoms with E-state index in [2.05, 4.69) is 0 Å². The summed E-state index contributed by atoms with van der Waals surface area (Å²) in [5.74, 6) is 2.84. The van der Waals surface area contributed by atoms with Gasteiger partial charge < -0.3 is 5.11 Å². The molecule has 0 amide bonds. The number of rotatable bonds is 2. The molecule has 1 nitrogen and oxygen atoms in total. The third kappa shape index (κ3) is 1.52. The van der Waals surface area contributed by atoms with E-state index in [9.17, 15) is 0 Å². The molecule has 1 N–H and O–H groups in total. The monoisotopic (exact) mass is 168 g/mol. The van der Waals surface area contributed by atoms with Crippen LogP contribution >= 0.6 is 0 Å². The summed E-state index contributed by atoms with van der Waals surface area (Å²) in [6.07, 6.45) is 9.77. The lowest BCUT2D eigenvalue weighted by Crippen LogP contribution is -2.32. The molecule has 2 fully saturated rings. The topological polar surface area (TPSA) is 20.2 Å². The molecule has 0 heterocycles. The average Bonchev–Trinajstić information content (AvgIpc) is 2.04. The second kappa shape index (κ2) is 3.78. The molecule has 12 heavy (non-hydrogen) atoms. The highest BCUT2D eigenvalue weighted by Crippen LogP contribution is 2.45. The predicted octanol–water partition coefficient (Wildman–Crippen LogP) is 2.59. The van der Waals surface area contributed by atoms with Crippen molar-refractivity contribution in [2.24, 2.45) is 17.8 Å². The van der Waals surface area contributed by atoms with Gasteiger partial charge in [-0.25, -0.2) is 0 Å². The molecule has 0 spiro atoms. The lowest BCUT2D eigenvalue weighted by Gasteiger charge is -2.42. The summed E-state index contributed by atoms with van der Waals surface area (Å²) >= 11 is 0. The highest BCUT2D eigenvalue weighted by Gasteiger charge is 2.35. The van der Waals surface area contributed by atoms with Crippen molar-refractivity contribution in [1.82, 2.24) is 0 Å². The van der Waals surface area contributed by atoms with Crippen molar-refractivity contribution in [3.05, 3.63) is 0 Å². The maximum atomic E-state index is 8.97. The average molecular weight is 168 g/mol. The Morgan fingerprint density at radius 3 is 1.83 bits per heavy atom. The van der Waals surface area contributed by atoms with E-state index in [-0.39, 0.29) is 0 Å². The van der Waals surface area contributed by atoms with E-state index >= 15 is 0 Å². The number of hydrogen-bond acceptors (Lipinski definition) is 1. The lowest BCUT2D eigenvalue weighted by molar-refractivity contribution is 0.0693. The number of hydrogen-bond donors (Lipinski definition) is 1. The second-order valence-electron chi connectivity index (χ2n) is 4.56. The van der Waals surface area contributed by atoms with Gasteiger partial charge in [-0.2, -0.15) is 0 Å². The van der Waals surface area contributed by atoms with Gasteiger partial charge in [-0.3, -0.25) is 0 Å². The molecule has 0 aromatic heterocycles. The molecule has 2 aliphatic rings. The molecule has 0 radical (unpaired) electrons. The third-order valence-electron chi connectivity index (χ3n) is 3.97. The van der Waals surface area contributed by atoms with Gasteiger partial charge >= 0.3 is 0 Å². The first-order chi connectivity index (χ1) is 5.92. The molecule has 0 aromatic carbocycles. The van der Waals surface area contributed by atoms with Crippen LogP contribution in [0.25, 0.3) is 0 Å². The molecule has 0 aliphatic heterocycles. The van der Waals surface area contributed by atoms with Crippen molar-refractivity contribution in [1.29, 1.82) is 0 Å². The third-order valence-corrected chi connectivity index (χ3v) is 3.97. The molecule has 0 aromatic rings. The Morgan fingerprint density at radius 1 is 0.917 bits per heavy atom. The van der Waals surface area contributed by atoms with Crippen molar-refractivity contribution in [3.63, 3.8) is 0 Å². The van der Waals surface area contributed by atoms with Crippen LogP contribution in [-0.2, 0) is 0 Å². The zero-order valence-corrected chi connectivity index (χ0v) is 7.84. The summed E-state index contributed by atoms with van der Waals surface area (Å²) in [4.78, 5) is 0. The maximum absolute atomic E-state index is 8.97. The lowest BCUT2D eigenvalue weighted by atomic mass is 9.63. The van der Waals surface area contributed by atoms with Crippen molar-refractivity contribution in [3.8, 4) is 0 Å². The fourth-order valence-electron chi connectivity index (χ4n) is 3.43. The molecule has 2 bridgehead atoms. The Labute approximate surface area is 75.2 Å². The minimum absolute atomic E-state index is 0.414. The van der Waals surface area contributed by atoms with E-state index in [1.165, 1.54) is 38.5 Å². The van der Waals surface area contributed by atoms with E-state index in [4.69, 9.17) is 5.11 Å². The van der Waals surface area contributed by atoms with Gasteiger partial charge in [0.05, 0.1) is 0 Å². The Morgan fingerprint density at radius 2 is 1.42 bits per heavy atom. The summed E-state index contributed by atoms with van der Waals surface area (Å²) in [6.45, 7) is 0.414. The quantitative estimate of drug-likeness (QED) is 0.672. The van der Waals surface area contributed by atoms with Crippen LogP contribution in [0.4, 0.5) is 0 Å². The molecule has 2 saturated carbocycles. The number of fused-ring (bicyclic) bond motifs is 2. The van der Waals surface area contributed by atoms with Gasteiger partial charge in [-0.1, -0.05) is 38.5 Å². The van der Waals surface area contributed by atoms with E-state index < -0.39 is 0 Å². The van der Waals surface area contributed by atoms with Crippen LogP contribution in [0.1, 0.15) is 44.9 Å². The zero-order valence-electron chi connectivity index (χ0n) is 7.84. The van der Waals surface area contributed by atoms with Gasteiger partial charge in [-0.15, -0.1) is 0 Å². The molecule has 0 atom stereocenters. The first-order valence-corrected chi connectivity index (χ1v) is 5.52. The van der Waals surface area contributed by atoms with E-state index in [1.807, 2.05) is 0 Å². The Hall–Kier alpha value is -0.0400. The fourth-order valence-corrected chi connectivity index (χ4v) is 3.43. The van der Waals surface area contributed by atoms with Crippen LogP contribution in [0.2, 0.25) is 0 Å². The van der Waals surface area contributed by atoms with Gasteiger partial charge in [-0.05, 0) is 24.2 Å². The van der Waals surface area contributed by atoms with Crippen molar-refractivity contribution < 1.29 is 5.11 Å². The van der Waals surface area contributed by atoms with Gasteiger partial charge in [0.1, 0.15) is 0 Å².